The number of nitrogens with one attached hydrogen (secondary N) is 1. The molecular formula is C24H34N4O2S. The lowest BCUT2D eigenvalue weighted by Crippen LogP contribution is -2.51. The Morgan fingerprint density at radius 1 is 1.29 bits per heavy atom. The van der Waals surface area contributed by atoms with Crippen LogP contribution in [0.15, 0.2) is 24.3 Å². The molecule has 2 heterocycles. The maximum atomic E-state index is 13.4. The molecule has 2 aliphatic rings. The molecule has 1 atom stereocenters. The molecule has 4 rings (SSSR count). The smallest absolute Gasteiger partial charge is 0.323 e. The predicted molar refractivity (Wildman–Crippen MR) is 125 cm³/mol. The van der Waals surface area contributed by atoms with Gasteiger partial charge in [0.2, 0.25) is 0 Å². The van der Waals surface area contributed by atoms with Gasteiger partial charge in [-0.1, -0.05) is 39.3 Å². The average Bonchev–Trinajstić information content (AvgIpc) is 3.28. The lowest BCUT2D eigenvalue weighted by molar-refractivity contribution is -0.134. The van der Waals surface area contributed by atoms with Crippen molar-refractivity contribution in [3.63, 3.8) is 0 Å². The van der Waals surface area contributed by atoms with Gasteiger partial charge in [0.15, 0.2) is 0 Å². The van der Waals surface area contributed by atoms with E-state index in [4.69, 9.17) is 4.98 Å². The van der Waals surface area contributed by atoms with Gasteiger partial charge in [-0.3, -0.25) is 9.69 Å². The molecule has 1 aliphatic heterocycles. The molecule has 1 saturated carbocycles. The molecule has 31 heavy (non-hydrogen) atoms. The van der Waals surface area contributed by atoms with Gasteiger partial charge >= 0.3 is 6.03 Å². The Morgan fingerprint density at radius 2 is 1.97 bits per heavy atom. The molecule has 1 saturated heterocycles. The second-order valence-corrected chi connectivity index (χ2v) is 11.0. The van der Waals surface area contributed by atoms with E-state index >= 15 is 0 Å². The third-order valence-corrected chi connectivity index (χ3v) is 9.00. The summed E-state index contributed by atoms with van der Waals surface area (Å²) < 4.78 is 1.15. The van der Waals surface area contributed by atoms with Gasteiger partial charge in [0, 0.05) is 0 Å². The van der Waals surface area contributed by atoms with Crippen molar-refractivity contribution in [2.75, 3.05) is 13.7 Å². The summed E-state index contributed by atoms with van der Waals surface area (Å²) in [4.78, 5) is 34.3. The number of aromatic nitrogens is 1. The van der Waals surface area contributed by atoms with Crippen molar-refractivity contribution in [2.24, 2.45) is 11.3 Å². The van der Waals surface area contributed by atoms with Gasteiger partial charge in [-0.05, 0) is 63.1 Å². The van der Waals surface area contributed by atoms with E-state index < -0.39 is 5.54 Å². The summed E-state index contributed by atoms with van der Waals surface area (Å²) in [5, 5.41) is 4.06. The van der Waals surface area contributed by atoms with Gasteiger partial charge in [-0.25, -0.2) is 14.7 Å². The number of carbonyl (C=O) groups excluding carboxylic acids is 2. The summed E-state index contributed by atoms with van der Waals surface area (Å²) in [6, 6.07) is 7.84. The lowest BCUT2D eigenvalue weighted by atomic mass is 9.65. The average molecular weight is 443 g/mol. The summed E-state index contributed by atoms with van der Waals surface area (Å²) >= 11 is 1.66. The van der Waals surface area contributed by atoms with E-state index in [1.807, 2.05) is 30.1 Å². The van der Waals surface area contributed by atoms with Crippen LogP contribution >= 0.6 is 11.3 Å². The highest BCUT2D eigenvalue weighted by atomic mass is 32.1. The third-order valence-electron chi connectivity index (χ3n) is 7.79. The van der Waals surface area contributed by atoms with Crippen molar-refractivity contribution in [3.8, 4) is 0 Å². The lowest BCUT2D eigenvalue weighted by Gasteiger charge is -2.42. The molecular weight excluding hydrogens is 408 g/mol. The zero-order chi connectivity index (χ0) is 22.4. The van der Waals surface area contributed by atoms with Gasteiger partial charge in [0.25, 0.3) is 5.91 Å². The number of rotatable bonds is 6. The Bertz CT molecular complexity index is 944. The van der Waals surface area contributed by atoms with Gasteiger partial charge in [-0.15, -0.1) is 11.3 Å². The number of nitrogens with zero attached hydrogens (tertiary/aromatic N) is 3. The number of benzene rings is 1. The Morgan fingerprint density at radius 3 is 2.61 bits per heavy atom. The Balaban J connectivity index is 1.43. The Kier molecular flexibility index (Phi) is 5.85. The summed E-state index contributed by atoms with van der Waals surface area (Å²) in [6.45, 7) is 9.21. The van der Waals surface area contributed by atoms with Crippen molar-refractivity contribution in [2.45, 2.75) is 71.4 Å². The number of carbonyl (C=O) groups is 2. The molecule has 0 bridgehead atoms. The normalized spacial score (nSPS) is 25.6. The predicted octanol–water partition coefficient (Wildman–Crippen LogP) is 5.16. The van der Waals surface area contributed by atoms with Crippen LogP contribution in [-0.2, 0) is 4.79 Å². The molecule has 2 fully saturated rings. The SMILES string of the molecule is CCC(C)(C)C1CCC2(CC1)NC(=O)N(CN(C)C(C)c1nc3ccccc3s1)C2=O. The topological polar surface area (TPSA) is 65.5 Å². The van der Waals surface area contributed by atoms with Gasteiger partial charge in [0.05, 0.1) is 22.9 Å². The number of imide groups is 1. The second-order valence-electron chi connectivity index (χ2n) is 9.96. The summed E-state index contributed by atoms with van der Waals surface area (Å²) in [6.07, 6.45) is 4.57. The van der Waals surface area contributed by atoms with E-state index in [0.29, 0.717) is 5.92 Å². The van der Waals surface area contributed by atoms with Gasteiger partial charge in [0.1, 0.15) is 10.5 Å². The molecule has 3 amide bonds. The first-order valence-electron chi connectivity index (χ1n) is 11.4. The number of fused-ring (bicyclic) bond motifs is 1. The fraction of sp³-hybridized carbons (Fsp3) is 0.625. The molecule has 2 aromatic rings. The third kappa shape index (κ3) is 3.98. The standard InChI is InChI=1S/C24H34N4O2S/c1-6-23(3,4)17-11-13-24(14-12-17)21(29)28(22(30)26-24)15-27(5)16(2)20-25-18-9-7-8-10-19(18)31-20/h7-10,16-17H,6,11-15H2,1-5H3,(H,26,30). The van der Waals surface area contributed by atoms with Crippen molar-refractivity contribution < 1.29 is 9.59 Å². The van der Waals surface area contributed by atoms with Crippen LogP contribution in [0.2, 0.25) is 0 Å². The minimum Gasteiger partial charge on any atom is -0.323 e. The number of hydrogen-bond donors (Lipinski definition) is 1. The zero-order valence-electron chi connectivity index (χ0n) is 19.3. The zero-order valence-corrected chi connectivity index (χ0v) is 20.1. The number of hydrogen-bond acceptors (Lipinski definition) is 5. The molecule has 1 aromatic heterocycles. The van der Waals surface area contributed by atoms with Crippen LogP contribution in [0.3, 0.4) is 0 Å². The highest BCUT2D eigenvalue weighted by molar-refractivity contribution is 7.18. The van der Waals surface area contributed by atoms with Gasteiger partial charge < -0.3 is 5.32 Å². The van der Waals surface area contributed by atoms with Crippen molar-refractivity contribution in [1.82, 2.24) is 20.1 Å². The second kappa shape index (κ2) is 8.17. The largest absolute Gasteiger partial charge is 0.326 e. The van der Waals surface area contributed by atoms with Crippen LogP contribution in [0.4, 0.5) is 4.79 Å². The highest BCUT2D eigenvalue weighted by Gasteiger charge is 2.53. The first-order chi connectivity index (χ1) is 14.7. The van der Waals surface area contributed by atoms with Gasteiger partial charge in [-0.2, -0.15) is 0 Å². The fourth-order valence-corrected chi connectivity index (χ4v) is 6.01. The number of thiazole rings is 1. The summed E-state index contributed by atoms with van der Waals surface area (Å²) in [5.74, 6) is 0.539. The van der Waals surface area contributed by atoms with Crippen LogP contribution in [0.5, 0.6) is 0 Å². The molecule has 1 spiro atoms. The maximum absolute atomic E-state index is 13.4. The molecule has 168 valence electrons. The molecule has 7 heteroatoms. The van der Waals surface area contributed by atoms with E-state index in [9.17, 15) is 9.59 Å². The molecule has 1 unspecified atom stereocenters. The molecule has 1 aromatic carbocycles. The van der Waals surface area contributed by atoms with E-state index in [0.717, 1.165) is 47.3 Å². The molecule has 6 nitrogen and oxygen atoms in total. The van der Waals surface area contributed by atoms with Crippen LogP contribution in [0.1, 0.15) is 70.8 Å². The number of amides is 3. The fourth-order valence-electron chi connectivity index (χ4n) is 4.93. The number of para-hydroxylation sites is 1. The first-order valence-corrected chi connectivity index (χ1v) is 12.2. The van der Waals surface area contributed by atoms with Crippen molar-refractivity contribution in [1.29, 1.82) is 0 Å². The van der Waals surface area contributed by atoms with Crippen LogP contribution in [-0.4, -0.2) is 46.0 Å². The van der Waals surface area contributed by atoms with Crippen LogP contribution in [0, 0.1) is 11.3 Å². The quantitative estimate of drug-likeness (QED) is 0.627. The van der Waals surface area contributed by atoms with E-state index in [-0.39, 0.29) is 30.1 Å². The molecule has 1 N–H and O–H groups in total. The van der Waals surface area contributed by atoms with E-state index in [1.165, 1.54) is 4.90 Å². The van der Waals surface area contributed by atoms with Crippen LogP contribution < -0.4 is 5.32 Å². The minimum atomic E-state index is -0.711. The van der Waals surface area contributed by atoms with E-state index in [1.54, 1.807) is 11.3 Å². The monoisotopic (exact) mass is 442 g/mol. The molecule has 0 radical (unpaired) electrons. The van der Waals surface area contributed by atoms with Crippen molar-refractivity contribution >= 4 is 33.5 Å². The van der Waals surface area contributed by atoms with E-state index in [2.05, 4.69) is 39.1 Å². The molecule has 1 aliphatic carbocycles. The highest BCUT2D eigenvalue weighted by Crippen LogP contribution is 2.45. The Hall–Kier alpha value is -1.99. The Labute approximate surface area is 189 Å². The van der Waals surface area contributed by atoms with Crippen LogP contribution in [0.25, 0.3) is 10.2 Å². The minimum absolute atomic E-state index is 0.00985. The first kappa shape index (κ1) is 22.2. The maximum Gasteiger partial charge on any atom is 0.326 e. The summed E-state index contributed by atoms with van der Waals surface area (Å²) in [5.41, 5.74) is 0.556. The summed E-state index contributed by atoms with van der Waals surface area (Å²) in [7, 11) is 1.95. The van der Waals surface area contributed by atoms with Crippen molar-refractivity contribution in [3.05, 3.63) is 29.3 Å². The number of urea groups is 1.